The number of carbonyl (C=O) groups excluding carboxylic acids is 1. The van der Waals surface area contributed by atoms with Crippen molar-refractivity contribution in [1.82, 2.24) is 19.1 Å². The van der Waals surface area contributed by atoms with Crippen LogP contribution >= 0.6 is 11.8 Å². The Balaban J connectivity index is 1.71. The fraction of sp³-hybridized carbons (Fsp3) is 0.182. The molecule has 7 nitrogen and oxygen atoms in total. The van der Waals surface area contributed by atoms with Crippen molar-refractivity contribution < 1.29 is 4.79 Å². The van der Waals surface area contributed by atoms with Gasteiger partial charge in [0.05, 0.1) is 22.3 Å². The van der Waals surface area contributed by atoms with E-state index in [1.807, 2.05) is 29.0 Å². The molecule has 0 saturated carbocycles. The minimum absolute atomic E-state index is 0.210. The topological polar surface area (TPSA) is 95.8 Å². The van der Waals surface area contributed by atoms with Crippen molar-refractivity contribution in [2.75, 3.05) is 0 Å². The summed E-state index contributed by atoms with van der Waals surface area (Å²) in [6, 6.07) is 13.2. The summed E-state index contributed by atoms with van der Waals surface area (Å²) in [6.07, 6.45) is 3.66. The molecule has 0 aliphatic rings. The third-order valence-electron chi connectivity index (χ3n) is 5.03. The number of hydrogen-bond acceptors (Lipinski definition) is 5. The summed E-state index contributed by atoms with van der Waals surface area (Å²) in [7, 11) is 0. The predicted octanol–water partition coefficient (Wildman–Crippen LogP) is 2.98. The van der Waals surface area contributed by atoms with Crippen LogP contribution in [0.4, 0.5) is 0 Å². The van der Waals surface area contributed by atoms with Gasteiger partial charge in [-0.3, -0.25) is 18.7 Å². The number of amides is 1. The number of aromatic nitrogens is 4. The van der Waals surface area contributed by atoms with E-state index < -0.39 is 5.91 Å². The van der Waals surface area contributed by atoms with Crippen molar-refractivity contribution in [3.05, 3.63) is 82.2 Å². The molecule has 0 aliphatic heterocycles. The molecule has 0 aliphatic carbocycles. The number of para-hydroxylation sites is 1. The molecule has 4 rings (SSSR count). The molecule has 1 amide bonds. The van der Waals surface area contributed by atoms with Crippen molar-refractivity contribution in [3.63, 3.8) is 0 Å². The molecule has 4 aromatic rings. The molecule has 0 atom stereocenters. The van der Waals surface area contributed by atoms with Gasteiger partial charge in [0.1, 0.15) is 12.4 Å². The number of hydrogen-bond donors (Lipinski definition) is 1. The second-order valence-electron chi connectivity index (χ2n) is 6.99. The van der Waals surface area contributed by atoms with Crippen LogP contribution in [0.25, 0.3) is 16.6 Å². The van der Waals surface area contributed by atoms with Crippen LogP contribution in [0.3, 0.4) is 0 Å². The van der Waals surface area contributed by atoms with Crippen LogP contribution in [0.15, 0.2) is 64.8 Å². The van der Waals surface area contributed by atoms with Crippen LogP contribution in [-0.4, -0.2) is 25.0 Å². The Morgan fingerprint density at radius 2 is 1.93 bits per heavy atom. The first-order valence-corrected chi connectivity index (χ1v) is 10.4. The Bertz CT molecular complexity index is 1310. The minimum Gasteiger partial charge on any atom is -0.368 e. The van der Waals surface area contributed by atoms with E-state index in [9.17, 15) is 9.59 Å². The van der Waals surface area contributed by atoms with E-state index in [4.69, 9.17) is 5.73 Å². The van der Waals surface area contributed by atoms with Crippen molar-refractivity contribution in [1.29, 1.82) is 0 Å². The van der Waals surface area contributed by atoms with Crippen molar-refractivity contribution in [3.8, 4) is 5.69 Å². The van der Waals surface area contributed by atoms with E-state index in [-0.39, 0.29) is 12.1 Å². The molecule has 0 radical (unpaired) electrons. The maximum absolute atomic E-state index is 12.9. The quantitative estimate of drug-likeness (QED) is 0.485. The fourth-order valence-electron chi connectivity index (χ4n) is 3.35. The summed E-state index contributed by atoms with van der Waals surface area (Å²) in [5.74, 6) is 0.269. The zero-order chi connectivity index (χ0) is 21.3. The molecule has 0 bridgehead atoms. The molecule has 2 aromatic heterocycles. The molecule has 0 spiro atoms. The molecule has 8 heteroatoms. The van der Waals surface area contributed by atoms with Gasteiger partial charge in [-0.15, -0.1) is 0 Å². The Labute approximate surface area is 177 Å². The summed E-state index contributed by atoms with van der Waals surface area (Å²) in [5.41, 5.74) is 9.12. The van der Waals surface area contributed by atoms with E-state index in [0.717, 1.165) is 10.8 Å². The molecule has 0 fully saturated rings. The number of thioether (sulfide) groups is 1. The molecule has 152 valence electrons. The predicted molar refractivity (Wildman–Crippen MR) is 118 cm³/mol. The number of fused-ring (bicyclic) bond motifs is 1. The highest BCUT2D eigenvalue weighted by molar-refractivity contribution is 7.98. The molecule has 2 aromatic carbocycles. The number of carbonyl (C=O) groups is 1. The van der Waals surface area contributed by atoms with E-state index in [1.54, 1.807) is 24.4 Å². The molecule has 0 unspecified atom stereocenters. The number of benzene rings is 2. The van der Waals surface area contributed by atoms with Crippen LogP contribution in [0.5, 0.6) is 0 Å². The lowest BCUT2D eigenvalue weighted by Gasteiger charge is -2.14. The number of imidazole rings is 1. The molecule has 30 heavy (non-hydrogen) atoms. The Morgan fingerprint density at radius 3 is 2.73 bits per heavy atom. The average molecular weight is 420 g/mol. The standard InChI is InChI=1S/C22H21N5O2S/c1-14-6-5-9-18(15(14)2)26-11-10-24-22(26)30-13-20-25-17-8-4-3-7-16(17)21(29)27(20)12-19(23)28/h3-11H,12-13H2,1-2H3,(H2,23,28). The lowest BCUT2D eigenvalue weighted by molar-refractivity contribution is -0.118. The number of aryl methyl sites for hydroxylation is 1. The first-order valence-electron chi connectivity index (χ1n) is 9.45. The lowest BCUT2D eigenvalue weighted by Crippen LogP contribution is -2.31. The zero-order valence-electron chi connectivity index (χ0n) is 16.7. The summed E-state index contributed by atoms with van der Waals surface area (Å²) in [4.78, 5) is 33.6. The van der Waals surface area contributed by atoms with Gasteiger partial charge < -0.3 is 5.73 Å². The highest BCUT2D eigenvalue weighted by Crippen LogP contribution is 2.26. The van der Waals surface area contributed by atoms with E-state index >= 15 is 0 Å². The van der Waals surface area contributed by atoms with Gasteiger partial charge in [-0.1, -0.05) is 36.0 Å². The number of rotatable bonds is 6. The second-order valence-corrected chi connectivity index (χ2v) is 7.93. The highest BCUT2D eigenvalue weighted by atomic mass is 32.2. The molecule has 2 N–H and O–H groups in total. The smallest absolute Gasteiger partial charge is 0.261 e. The first kappa shape index (κ1) is 19.9. The SMILES string of the molecule is Cc1cccc(-n2ccnc2SCc2nc3ccccc3c(=O)n2CC(N)=O)c1C. The van der Waals surface area contributed by atoms with E-state index in [2.05, 4.69) is 29.9 Å². The normalized spacial score (nSPS) is 11.1. The maximum atomic E-state index is 12.9. The zero-order valence-corrected chi connectivity index (χ0v) is 17.5. The van der Waals surface area contributed by atoms with Crippen molar-refractivity contribution >= 4 is 28.6 Å². The minimum atomic E-state index is -0.586. The summed E-state index contributed by atoms with van der Waals surface area (Å²) in [6.45, 7) is 3.94. The third kappa shape index (κ3) is 3.73. The van der Waals surface area contributed by atoms with Gasteiger partial charge in [-0.05, 0) is 43.2 Å². The highest BCUT2D eigenvalue weighted by Gasteiger charge is 2.15. The fourth-order valence-corrected chi connectivity index (χ4v) is 4.26. The molecular weight excluding hydrogens is 398 g/mol. The monoisotopic (exact) mass is 419 g/mol. The Kier molecular flexibility index (Phi) is 5.41. The Hall–Kier alpha value is -3.39. The average Bonchev–Trinajstić information content (AvgIpc) is 3.19. The van der Waals surface area contributed by atoms with Crippen molar-refractivity contribution in [2.45, 2.75) is 31.3 Å². The van der Waals surface area contributed by atoms with Gasteiger partial charge in [0.2, 0.25) is 5.91 Å². The van der Waals surface area contributed by atoms with Crippen molar-refractivity contribution in [2.24, 2.45) is 5.73 Å². The number of nitrogens with zero attached hydrogens (tertiary/aromatic N) is 4. The van der Waals surface area contributed by atoms with Crippen LogP contribution in [0.2, 0.25) is 0 Å². The molecule has 2 heterocycles. The largest absolute Gasteiger partial charge is 0.368 e. The lowest BCUT2D eigenvalue weighted by atomic mass is 10.1. The van der Waals surface area contributed by atoms with Gasteiger partial charge in [0.15, 0.2) is 5.16 Å². The van der Waals surface area contributed by atoms with Gasteiger partial charge in [-0.25, -0.2) is 9.97 Å². The third-order valence-corrected chi connectivity index (χ3v) is 5.99. The van der Waals surface area contributed by atoms with E-state index in [0.29, 0.717) is 22.5 Å². The van der Waals surface area contributed by atoms with E-state index in [1.165, 1.54) is 27.5 Å². The van der Waals surface area contributed by atoms with Crippen LogP contribution in [-0.2, 0) is 17.1 Å². The molecular formula is C22H21N5O2S. The van der Waals surface area contributed by atoms with Gasteiger partial charge in [0.25, 0.3) is 5.56 Å². The van der Waals surface area contributed by atoms with Crippen LogP contribution < -0.4 is 11.3 Å². The van der Waals surface area contributed by atoms with Gasteiger partial charge in [0, 0.05) is 12.4 Å². The van der Waals surface area contributed by atoms with Gasteiger partial charge >= 0.3 is 0 Å². The van der Waals surface area contributed by atoms with Gasteiger partial charge in [-0.2, -0.15) is 0 Å². The van der Waals surface area contributed by atoms with Crippen LogP contribution in [0.1, 0.15) is 17.0 Å². The summed E-state index contributed by atoms with van der Waals surface area (Å²) < 4.78 is 3.37. The first-order chi connectivity index (χ1) is 14.5. The number of primary amides is 1. The second kappa shape index (κ2) is 8.16. The van der Waals surface area contributed by atoms with Crippen LogP contribution in [0, 0.1) is 13.8 Å². The Morgan fingerprint density at radius 1 is 1.13 bits per heavy atom. The summed E-state index contributed by atoms with van der Waals surface area (Å²) in [5, 5.41) is 1.24. The maximum Gasteiger partial charge on any atom is 0.261 e. The number of nitrogens with two attached hydrogens (primary N) is 1. The summed E-state index contributed by atoms with van der Waals surface area (Å²) >= 11 is 1.45. The molecule has 0 saturated heterocycles.